The summed E-state index contributed by atoms with van der Waals surface area (Å²) in [5, 5.41) is 12.1. The number of urea groups is 1. The van der Waals surface area contributed by atoms with E-state index in [-0.39, 0.29) is 12.1 Å². The Hall–Kier alpha value is -1.26. The van der Waals surface area contributed by atoms with Gasteiger partial charge in [0, 0.05) is 19.1 Å². The third-order valence-electron chi connectivity index (χ3n) is 5.25. The summed E-state index contributed by atoms with van der Waals surface area (Å²) in [6.45, 7) is 6.03. The summed E-state index contributed by atoms with van der Waals surface area (Å²) >= 11 is 0. The first-order valence-corrected chi connectivity index (χ1v) is 7.73. The van der Waals surface area contributed by atoms with Crippen LogP contribution >= 0.6 is 0 Å². The molecule has 5 nitrogen and oxygen atoms in total. The van der Waals surface area contributed by atoms with E-state index >= 15 is 0 Å². The van der Waals surface area contributed by atoms with Gasteiger partial charge >= 0.3 is 12.0 Å². The first-order chi connectivity index (χ1) is 9.45. The second kappa shape index (κ2) is 6.02. The average Bonchev–Trinajstić information content (AvgIpc) is 2.88. The summed E-state index contributed by atoms with van der Waals surface area (Å²) in [6.07, 6.45) is 5.55. The quantitative estimate of drug-likeness (QED) is 0.835. The molecular formula is C15H26N2O3. The van der Waals surface area contributed by atoms with Gasteiger partial charge in [-0.3, -0.25) is 4.79 Å². The highest BCUT2D eigenvalue weighted by molar-refractivity contribution is 5.77. The molecule has 2 aliphatic rings. The molecule has 1 saturated heterocycles. The standard InChI is InChI=1S/C15H26N2O3/c1-3-15(2)7-9-17(10-8-15)14(20)16-12-6-4-5-11(12)13(18)19/h11-12H,3-10H2,1-2H3,(H,16,20)(H,18,19). The molecule has 1 aliphatic carbocycles. The maximum Gasteiger partial charge on any atom is 0.317 e. The third-order valence-corrected chi connectivity index (χ3v) is 5.25. The summed E-state index contributed by atoms with van der Waals surface area (Å²) in [5.41, 5.74) is 0.355. The number of likely N-dealkylation sites (tertiary alicyclic amines) is 1. The molecule has 20 heavy (non-hydrogen) atoms. The third kappa shape index (κ3) is 3.25. The van der Waals surface area contributed by atoms with Crippen LogP contribution in [0.2, 0.25) is 0 Å². The number of hydrogen-bond acceptors (Lipinski definition) is 2. The van der Waals surface area contributed by atoms with Crippen LogP contribution in [0.3, 0.4) is 0 Å². The van der Waals surface area contributed by atoms with Gasteiger partial charge in [0.2, 0.25) is 0 Å². The lowest BCUT2D eigenvalue weighted by molar-refractivity contribution is -0.142. The van der Waals surface area contributed by atoms with Crippen LogP contribution in [0.15, 0.2) is 0 Å². The maximum absolute atomic E-state index is 12.2. The van der Waals surface area contributed by atoms with E-state index in [1.807, 2.05) is 4.90 Å². The zero-order valence-corrected chi connectivity index (χ0v) is 12.5. The number of piperidine rings is 1. The molecule has 2 amide bonds. The van der Waals surface area contributed by atoms with Gasteiger partial charge in [0.25, 0.3) is 0 Å². The van der Waals surface area contributed by atoms with Crippen molar-refractivity contribution in [2.45, 2.75) is 58.4 Å². The molecule has 0 bridgehead atoms. The minimum Gasteiger partial charge on any atom is -0.481 e. The van der Waals surface area contributed by atoms with Crippen molar-refractivity contribution in [2.24, 2.45) is 11.3 Å². The Morgan fingerprint density at radius 1 is 1.30 bits per heavy atom. The molecule has 2 N–H and O–H groups in total. The molecule has 0 spiro atoms. The van der Waals surface area contributed by atoms with Crippen molar-refractivity contribution in [1.82, 2.24) is 10.2 Å². The number of hydrogen-bond donors (Lipinski definition) is 2. The number of nitrogens with zero attached hydrogens (tertiary/aromatic N) is 1. The normalized spacial score (nSPS) is 29.2. The Labute approximate surface area is 120 Å². The van der Waals surface area contributed by atoms with Crippen molar-refractivity contribution >= 4 is 12.0 Å². The lowest BCUT2D eigenvalue weighted by Gasteiger charge is -2.39. The average molecular weight is 282 g/mol. The number of carbonyl (C=O) groups is 2. The van der Waals surface area contributed by atoms with Crippen LogP contribution in [-0.4, -0.2) is 41.1 Å². The van der Waals surface area contributed by atoms with Gasteiger partial charge in [-0.2, -0.15) is 0 Å². The van der Waals surface area contributed by atoms with Gasteiger partial charge in [-0.25, -0.2) is 4.79 Å². The van der Waals surface area contributed by atoms with Gasteiger partial charge in [-0.15, -0.1) is 0 Å². The van der Waals surface area contributed by atoms with Crippen LogP contribution < -0.4 is 5.32 Å². The monoisotopic (exact) mass is 282 g/mol. The van der Waals surface area contributed by atoms with Crippen molar-refractivity contribution in [3.05, 3.63) is 0 Å². The van der Waals surface area contributed by atoms with E-state index < -0.39 is 11.9 Å². The van der Waals surface area contributed by atoms with Crippen molar-refractivity contribution in [1.29, 1.82) is 0 Å². The molecule has 2 atom stereocenters. The summed E-state index contributed by atoms with van der Waals surface area (Å²) in [6, 6.07) is -0.277. The molecule has 2 unspecified atom stereocenters. The van der Waals surface area contributed by atoms with Crippen LogP contribution in [-0.2, 0) is 4.79 Å². The first-order valence-electron chi connectivity index (χ1n) is 7.73. The Morgan fingerprint density at radius 3 is 2.50 bits per heavy atom. The number of rotatable bonds is 3. The van der Waals surface area contributed by atoms with Crippen LogP contribution in [0.4, 0.5) is 4.79 Å². The van der Waals surface area contributed by atoms with E-state index in [0.29, 0.717) is 11.8 Å². The van der Waals surface area contributed by atoms with Gasteiger partial charge in [0.1, 0.15) is 0 Å². The van der Waals surface area contributed by atoms with Crippen molar-refractivity contribution < 1.29 is 14.7 Å². The zero-order chi connectivity index (χ0) is 14.8. The Morgan fingerprint density at radius 2 is 1.95 bits per heavy atom. The second-order valence-corrected chi connectivity index (χ2v) is 6.58. The van der Waals surface area contributed by atoms with E-state index in [1.165, 1.54) is 0 Å². The lowest BCUT2D eigenvalue weighted by Crippen LogP contribution is -2.50. The number of carboxylic acid groups (broad SMARTS) is 1. The summed E-state index contributed by atoms with van der Waals surface area (Å²) in [7, 11) is 0. The minimum atomic E-state index is -0.787. The van der Waals surface area contributed by atoms with Crippen LogP contribution in [0.25, 0.3) is 0 Å². The van der Waals surface area contributed by atoms with Crippen LogP contribution in [0, 0.1) is 11.3 Å². The Bertz CT molecular complexity index is 375. The summed E-state index contributed by atoms with van der Waals surface area (Å²) < 4.78 is 0. The highest BCUT2D eigenvalue weighted by Crippen LogP contribution is 2.34. The molecular weight excluding hydrogens is 256 g/mol. The van der Waals surface area contributed by atoms with Gasteiger partial charge < -0.3 is 15.3 Å². The zero-order valence-electron chi connectivity index (χ0n) is 12.5. The SMILES string of the molecule is CCC1(C)CCN(C(=O)NC2CCCC2C(=O)O)CC1. The highest BCUT2D eigenvalue weighted by atomic mass is 16.4. The number of carboxylic acids is 1. The summed E-state index contributed by atoms with van der Waals surface area (Å²) in [5.74, 6) is -1.20. The van der Waals surface area contributed by atoms with Crippen molar-refractivity contribution in [3.8, 4) is 0 Å². The smallest absolute Gasteiger partial charge is 0.317 e. The molecule has 0 aromatic carbocycles. The first kappa shape index (κ1) is 15.1. The van der Waals surface area contributed by atoms with E-state index in [1.54, 1.807) is 0 Å². The van der Waals surface area contributed by atoms with Crippen LogP contribution in [0.1, 0.15) is 52.4 Å². The molecule has 114 valence electrons. The van der Waals surface area contributed by atoms with E-state index in [2.05, 4.69) is 19.2 Å². The fourth-order valence-electron chi connectivity index (χ4n) is 3.28. The maximum atomic E-state index is 12.2. The van der Waals surface area contributed by atoms with E-state index in [4.69, 9.17) is 5.11 Å². The Balaban J connectivity index is 1.85. The topological polar surface area (TPSA) is 69.6 Å². The second-order valence-electron chi connectivity index (χ2n) is 6.58. The molecule has 1 heterocycles. The number of amides is 2. The van der Waals surface area contributed by atoms with Crippen molar-refractivity contribution in [3.63, 3.8) is 0 Å². The van der Waals surface area contributed by atoms with Crippen molar-refractivity contribution in [2.75, 3.05) is 13.1 Å². The van der Waals surface area contributed by atoms with E-state index in [0.717, 1.165) is 45.2 Å². The van der Waals surface area contributed by atoms with E-state index in [9.17, 15) is 9.59 Å². The van der Waals surface area contributed by atoms with Gasteiger partial charge in [-0.05, 0) is 31.1 Å². The fourth-order valence-corrected chi connectivity index (χ4v) is 3.28. The van der Waals surface area contributed by atoms with Crippen LogP contribution in [0.5, 0.6) is 0 Å². The number of nitrogens with one attached hydrogen (secondary N) is 1. The molecule has 5 heteroatoms. The largest absolute Gasteiger partial charge is 0.481 e. The molecule has 2 fully saturated rings. The molecule has 0 aromatic heterocycles. The minimum absolute atomic E-state index is 0.0821. The molecule has 1 aliphatic heterocycles. The molecule has 0 aromatic rings. The number of aliphatic carboxylic acids is 1. The molecule has 2 rings (SSSR count). The number of carbonyl (C=O) groups excluding carboxylic acids is 1. The predicted molar refractivity (Wildman–Crippen MR) is 76.5 cm³/mol. The molecule has 0 radical (unpaired) electrons. The highest BCUT2D eigenvalue weighted by Gasteiger charge is 2.36. The molecule has 1 saturated carbocycles. The van der Waals surface area contributed by atoms with Gasteiger partial charge in [0.05, 0.1) is 5.92 Å². The fraction of sp³-hybridized carbons (Fsp3) is 0.867. The van der Waals surface area contributed by atoms with Gasteiger partial charge in [-0.1, -0.05) is 26.7 Å². The Kier molecular flexibility index (Phi) is 4.55. The van der Waals surface area contributed by atoms with Gasteiger partial charge in [0.15, 0.2) is 0 Å². The predicted octanol–water partition coefficient (Wildman–Crippen LogP) is 2.46. The summed E-state index contributed by atoms with van der Waals surface area (Å²) in [4.78, 5) is 25.2. The lowest BCUT2D eigenvalue weighted by atomic mass is 9.78.